The van der Waals surface area contributed by atoms with Crippen LogP contribution in [0.2, 0.25) is 0 Å². The summed E-state index contributed by atoms with van der Waals surface area (Å²) in [5.74, 6) is 0. The van der Waals surface area contributed by atoms with Crippen LogP contribution in [0.25, 0.3) is 17.2 Å². The molecule has 6 rings (SSSR count). The highest BCUT2D eigenvalue weighted by Gasteiger charge is 2.49. The van der Waals surface area contributed by atoms with Crippen LogP contribution in [0.15, 0.2) is 97.1 Å². The predicted octanol–water partition coefficient (Wildman–Crippen LogP) is 10.8. The van der Waals surface area contributed by atoms with Crippen LogP contribution in [0.4, 0.5) is 17.1 Å². The largest absolute Gasteiger partial charge is 0.359 e. The molecule has 0 fully saturated rings. The van der Waals surface area contributed by atoms with Gasteiger partial charge in [0.2, 0.25) is 0 Å². The van der Waals surface area contributed by atoms with Crippen molar-refractivity contribution in [3.8, 4) is 11.1 Å². The zero-order valence-corrected chi connectivity index (χ0v) is 24.4. The monoisotopic (exact) mass is 527 g/mol. The van der Waals surface area contributed by atoms with E-state index in [0.717, 1.165) is 38.5 Å². The Bertz CT molecular complexity index is 1470. The van der Waals surface area contributed by atoms with Crippen molar-refractivity contribution in [3.63, 3.8) is 0 Å². The number of nitrogens with zero attached hydrogens (tertiary/aromatic N) is 1. The molecular formula is C38H41NO. The highest BCUT2D eigenvalue weighted by molar-refractivity contribution is 5.87. The Kier molecular flexibility index (Phi) is 7.15. The Morgan fingerprint density at radius 3 is 1.85 bits per heavy atom. The summed E-state index contributed by atoms with van der Waals surface area (Å²) in [6.07, 6.45) is 10.7. The van der Waals surface area contributed by atoms with E-state index < -0.39 is 0 Å². The van der Waals surface area contributed by atoms with Gasteiger partial charge in [0.25, 0.3) is 0 Å². The molecule has 2 nitrogen and oxygen atoms in total. The normalized spacial score (nSPS) is 16.4. The van der Waals surface area contributed by atoms with Crippen molar-refractivity contribution in [2.75, 3.05) is 4.90 Å². The van der Waals surface area contributed by atoms with Crippen LogP contribution in [0.5, 0.6) is 0 Å². The first-order valence-corrected chi connectivity index (χ1v) is 15.2. The standard InChI is InChI=1S/C38H41NO/c1-5-37(6-2)34-24-23-28(26-35(34)38(7-3,8-4)40-37)30-25-29-17-15-16-22-33(29)36(27-30)39(31-18-11-9-12-19-31)32-20-13-10-14-21-32/h9-14,16,18-27H,5-8,15,17H2,1-4H3. The van der Waals surface area contributed by atoms with Crippen LogP contribution in [0.1, 0.15) is 82.1 Å². The van der Waals surface area contributed by atoms with Gasteiger partial charge >= 0.3 is 0 Å². The second-order valence-corrected chi connectivity index (χ2v) is 11.3. The lowest BCUT2D eigenvalue weighted by molar-refractivity contribution is -0.151. The molecule has 2 aliphatic rings. The van der Waals surface area contributed by atoms with Gasteiger partial charge in [-0.05, 0) is 103 Å². The molecule has 0 atom stereocenters. The molecule has 4 aromatic carbocycles. The third-order valence-corrected chi connectivity index (χ3v) is 9.39. The van der Waals surface area contributed by atoms with Gasteiger partial charge in [0.15, 0.2) is 0 Å². The molecule has 0 saturated heterocycles. The number of anilines is 3. The highest BCUT2D eigenvalue weighted by Crippen LogP contribution is 2.54. The molecule has 1 heterocycles. The summed E-state index contributed by atoms with van der Waals surface area (Å²) < 4.78 is 7.05. The minimum Gasteiger partial charge on any atom is -0.359 e. The van der Waals surface area contributed by atoms with Crippen LogP contribution in [-0.2, 0) is 22.4 Å². The number of hydrogen-bond acceptors (Lipinski definition) is 2. The minimum absolute atomic E-state index is 0.191. The van der Waals surface area contributed by atoms with Crippen molar-refractivity contribution >= 4 is 23.1 Å². The van der Waals surface area contributed by atoms with E-state index in [1.165, 1.54) is 50.4 Å². The Balaban J connectivity index is 1.56. The summed E-state index contributed by atoms with van der Waals surface area (Å²) in [5.41, 5.74) is 11.2. The first-order valence-electron chi connectivity index (χ1n) is 15.2. The molecular weight excluding hydrogens is 486 g/mol. The molecule has 0 bridgehead atoms. The van der Waals surface area contributed by atoms with Gasteiger partial charge in [0, 0.05) is 16.9 Å². The van der Waals surface area contributed by atoms with Crippen LogP contribution in [0, 0.1) is 0 Å². The fourth-order valence-corrected chi connectivity index (χ4v) is 7.00. The molecule has 0 spiro atoms. The summed E-state index contributed by atoms with van der Waals surface area (Å²) >= 11 is 0. The Hall–Kier alpha value is -3.62. The number of para-hydroxylation sites is 2. The summed E-state index contributed by atoms with van der Waals surface area (Å²) in [5, 5.41) is 0. The van der Waals surface area contributed by atoms with E-state index in [1.54, 1.807) is 0 Å². The maximum atomic E-state index is 7.05. The van der Waals surface area contributed by atoms with Crippen molar-refractivity contribution < 1.29 is 4.74 Å². The highest BCUT2D eigenvalue weighted by atomic mass is 16.5. The Labute approximate surface area is 240 Å². The molecule has 0 saturated carbocycles. The molecule has 0 unspecified atom stereocenters. The van der Waals surface area contributed by atoms with E-state index in [-0.39, 0.29) is 11.2 Å². The second-order valence-electron chi connectivity index (χ2n) is 11.3. The summed E-state index contributed by atoms with van der Waals surface area (Å²) in [6, 6.07) is 33.5. The lowest BCUT2D eigenvalue weighted by Crippen LogP contribution is -2.31. The van der Waals surface area contributed by atoms with Crippen LogP contribution >= 0.6 is 0 Å². The van der Waals surface area contributed by atoms with Gasteiger partial charge in [-0.25, -0.2) is 0 Å². The molecule has 1 aliphatic heterocycles. The lowest BCUT2D eigenvalue weighted by atomic mass is 9.81. The first kappa shape index (κ1) is 26.6. The number of fused-ring (bicyclic) bond motifs is 2. The number of benzene rings is 4. The zero-order valence-electron chi connectivity index (χ0n) is 24.4. The van der Waals surface area contributed by atoms with E-state index in [4.69, 9.17) is 4.74 Å². The third-order valence-electron chi connectivity index (χ3n) is 9.39. The number of allylic oxidation sites excluding steroid dienone is 1. The molecule has 1 aliphatic carbocycles. The fourth-order valence-electron chi connectivity index (χ4n) is 7.00. The smallest absolute Gasteiger partial charge is 0.0942 e. The van der Waals surface area contributed by atoms with Crippen molar-refractivity contribution in [2.24, 2.45) is 0 Å². The predicted molar refractivity (Wildman–Crippen MR) is 170 cm³/mol. The molecule has 4 aromatic rings. The minimum atomic E-state index is -0.225. The van der Waals surface area contributed by atoms with Crippen LogP contribution < -0.4 is 4.90 Å². The molecule has 0 amide bonds. The average molecular weight is 528 g/mol. The molecule has 0 N–H and O–H groups in total. The fraction of sp³-hybridized carbons (Fsp3) is 0.316. The van der Waals surface area contributed by atoms with Crippen LogP contribution in [-0.4, -0.2) is 0 Å². The van der Waals surface area contributed by atoms with E-state index in [2.05, 4.69) is 136 Å². The van der Waals surface area contributed by atoms with Crippen molar-refractivity contribution in [1.29, 1.82) is 0 Å². The zero-order chi connectivity index (χ0) is 27.7. The number of aryl methyl sites for hydroxylation is 1. The van der Waals surface area contributed by atoms with Crippen LogP contribution in [0.3, 0.4) is 0 Å². The lowest BCUT2D eigenvalue weighted by Gasteiger charge is -2.34. The SMILES string of the molecule is CCC1(CC)OC(CC)(CC)c2cc(-c3cc4c(c(N(c5ccccc5)c5ccccc5)c3)C=CCC4)ccc21. The quantitative estimate of drug-likeness (QED) is 0.226. The van der Waals surface area contributed by atoms with Gasteiger partial charge in [0.05, 0.1) is 16.9 Å². The molecule has 0 radical (unpaired) electrons. The molecule has 2 heteroatoms. The Morgan fingerprint density at radius 2 is 1.25 bits per heavy atom. The van der Waals surface area contributed by atoms with Crippen molar-refractivity contribution in [2.45, 2.75) is 77.4 Å². The van der Waals surface area contributed by atoms with Gasteiger partial charge in [-0.1, -0.05) is 94.4 Å². The van der Waals surface area contributed by atoms with E-state index in [0.29, 0.717) is 0 Å². The molecule has 0 aromatic heterocycles. The van der Waals surface area contributed by atoms with Gasteiger partial charge in [0.1, 0.15) is 0 Å². The van der Waals surface area contributed by atoms with Gasteiger partial charge in [-0.15, -0.1) is 0 Å². The summed E-state index contributed by atoms with van der Waals surface area (Å²) in [4.78, 5) is 2.41. The number of ether oxygens (including phenoxy) is 1. The number of hydrogen-bond donors (Lipinski definition) is 0. The maximum Gasteiger partial charge on any atom is 0.0942 e. The van der Waals surface area contributed by atoms with Gasteiger partial charge in [-0.3, -0.25) is 0 Å². The first-order chi connectivity index (χ1) is 19.6. The Morgan fingerprint density at radius 1 is 0.650 bits per heavy atom. The van der Waals surface area contributed by atoms with E-state index in [9.17, 15) is 0 Å². The van der Waals surface area contributed by atoms with E-state index >= 15 is 0 Å². The third kappa shape index (κ3) is 4.30. The van der Waals surface area contributed by atoms with E-state index in [1.807, 2.05) is 0 Å². The summed E-state index contributed by atoms with van der Waals surface area (Å²) in [6.45, 7) is 9.10. The van der Waals surface area contributed by atoms with Gasteiger partial charge in [-0.2, -0.15) is 0 Å². The van der Waals surface area contributed by atoms with Crippen molar-refractivity contribution in [3.05, 3.63) is 119 Å². The number of rotatable bonds is 8. The average Bonchev–Trinajstić information content (AvgIpc) is 3.32. The molecule has 204 valence electrons. The maximum absolute atomic E-state index is 7.05. The molecule has 40 heavy (non-hydrogen) atoms. The topological polar surface area (TPSA) is 12.5 Å². The van der Waals surface area contributed by atoms with Gasteiger partial charge < -0.3 is 9.64 Å². The second kappa shape index (κ2) is 10.7. The summed E-state index contributed by atoms with van der Waals surface area (Å²) in [7, 11) is 0. The van der Waals surface area contributed by atoms with Crippen molar-refractivity contribution in [1.82, 2.24) is 0 Å².